The van der Waals surface area contributed by atoms with E-state index in [-0.39, 0.29) is 5.69 Å². The van der Waals surface area contributed by atoms with Crippen LogP contribution in [0.1, 0.15) is 24.4 Å². The fourth-order valence-corrected chi connectivity index (χ4v) is 1.44. The van der Waals surface area contributed by atoms with Crippen molar-refractivity contribution >= 4 is 11.8 Å². The molecular weight excluding hydrogens is 253 g/mol. The van der Waals surface area contributed by atoms with Crippen LogP contribution in [0.3, 0.4) is 0 Å². The van der Waals surface area contributed by atoms with Crippen molar-refractivity contribution in [2.24, 2.45) is 0 Å². The SMILES string of the molecule is COC(=O)C(C(C)=O)n1nc(C(F)(F)F)cc1C. The molecule has 0 amide bonds. The van der Waals surface area contributed by atoms with Crippen molar-refractivity contribution in [3.63, 3.8) is 0 Å². The molecule has 1 atom stereocenters. The molecule has 0 N–H and O–H groups in total. The van der Waals surface area contributed by atoms with E-state index in [1.165, 1.54) is 6.92 Å². The molecule has 0 fully saturated rings. The van der Waals surface area contributed by atoms with E-state index in [0.29, 0.717) is 0 Å². The summed E-state index contributed by atoms with van der Waals surface area (Å²) in [6.45, 7) is 2.40. The first-order valence-corrected chi connectivity index (χ1v) is 4.90. The van der Waals surface area contributed by atoms with Crippen molar-refractivity contribution in [3.8, 4) is 0 Å². The Bertz CT molecular complexity index is 479. The fraction of sp³-hybridized carbons (Fsp3) is 0.500. The van der Waals surface area contributed by atoms with Gasteiger partial charge >= 0.3 is 12.1 Å². The fourth-order valence-electron chi connectivity index (χ4n) is 1.44. The predicted octanol–water partition coefficient (Wildman–Crippen LogP) is 1.51. The highest BCUT2D eigenvalue weighted by molar-refractivity contribution is 5.99. The summed E-state index contributed by atoms with van der Waals surface area (Å²) >= 11 is 0. The van der Waals surface area contributed by atoms with Crippen molar-refractivity contribution in [2.45, 2.75) is 26.1 Å². The smallest absolute Gasteiger partial charge is 0.435 e. The van der Waals surface area contributed by atoms with Crippen LogP contribution in [-0.2, 0) is 20.5 Å². The normalized spacial score (nSPS) is 13.2. The van der Waals surface area contributed by atoms with E-state index in [1.807, 2.05) is 0 Å². The molecule has 0 radical (unpaired) electrons. The average molecular weight is 264 g/mol. The summed E-state index contributed by atoms with van der Waals surface area (Å²) in [6, 6.07) is -0.732. The molecule has 0 bridgehead atoms. The largest absolute Gasteiger partial charge is 0.467 e. The molecule has 5 nitrogen and oxygen atoms in total. The third kappa shape index (κ3) is 2.69. The van der Waals surface area contributed by atoms with Crippen LogP contribution in [0, 0.1) is 6.92 Å². The lowest BCUT2D eigenvalue weighted by atomic mass is 10.2. The van der Waals surface area contributed by atoms with E-state index in [2.05, 4.69) is 9.84 Å². The number of aromatic nitrogens is 2. The van der Waals surface area contributed by atoms with Gasteiger partial charge in [-0.2, -0.15) is 18.3 Å². The number of alkyl halides is 3. The molecule has 1 aromatic rings. The summed E-state index contributed by atoms with van der Waals surface area (Å²) in [7, 11) is 1.04. The van der Waals surface area contributed by atoms with Crippen LogP contribution in [0.2, 0.25) is 0 Å². The molecule has 1 aromatic heterocycles. The van der Waals surface area contributed by atoms with Gasteiger partial charge in [0.1, 0.15) is 0 Å². The van der Waals surface area contributed by atoms with E-state index in [9.17, 15) is 22.8 Å². The Morgan fingerprint density at radius 1 is 1.44 bits per heavy atom. The second-order valence-electron chi connectivity index (χ2n) is 3.65. The standard InChI is InChI=1S/C10H11F3N2O3/c1-5-4-7(10(11,12)13)14-15(5)8(6(2)16)9(17)18-3/h4,8H,1-3H3. The number of aryl methyl sites for hydroxylation is 1. The molecule has 0 aliphatic rings. The monoisotopic (exact) mass is 264 g/mol. The zero-order valence-electron chi connectivity index (χ0n) is 9.91. The molecule has 100 valence electrons. The third-order valence-corrected chi connectivity index (χ3v) is 2.27. The van der Waals surface area contributed by atoms with Crippen LogP contribution in [-0.4, -0.2) is 28.6 Å². The van der Waals surface area contributed by atoms with Crippen LogP contribution in [0.25, 0.3) is 0 Å². The molecule has 1 rings (SSSR count). The number of halogens is 3. The van der Waals surface area contributed by atoms with Crippen LogP contribution < -0.4 is 0 Å². The van der Waals surface area contributed by atoms with E-state index in [1.54, 1.807) is 0 Å². The van der Waals surface area contributed by atoms with Gasteiger partial charge in [0.15, 0.2) is 11.5 Å². The summed E-state index contributed by atoms with van der Waals surface area (Å²) in [5.41, 5.74) is -1.11. The van der Waals surface area contributed by atoms with Gasteiger partial charge in [0.05, 0.1) is 7.11 Å². The van der Waals surface area contributed by atoms with Gasteiger partial charge in [0.25, 0.3) is 0 Å². The summed E-state index contributed by atoms with van der Waals surface area (Å²) < 4.78 is 42.5. The summed E-state index contributed by atoms with van der Waals surface area (Å²) in [4.78, 5) is 22.7. The van der Waals surface area contributed by atoms with Gasteiger partial charge in [-0.15, -0.1) is 0 Å². The minimum Gasteiger partial charge on any atom is -0.467 e. The van der Waals surface area contributed by atoms with Crippen molar-refractivity contribution in [3.05, 3.63) is 17.5 Å². The van der Waals surface area contributed by atoms with Crippen molar-refractivity contribution in [2.75, 3.05) is 7.11 Å². The highest BCUT2D eigenvalue weighted by Gasteiger charge is 2.37. The zero-order valence-corrected chi connectivity index (χ0v) is 9.91. The molecule has 18 heavy (non-hydrogen) atoms. The molecule has 8 heteroatoms. The second kappa shape index (κ2) is 4.79. The topological polar surface area (TPSA) is 61.2 Å². The zero-order chi connectivity index (χ0) is 14.1. The Morgan fingerprint density at radius 3 is 2.33 bits per heavy atom. The van der Waals surface area contributed by atoms with Gasteiger partial charge in [-0.1, -0.05) is 0 Å². The lowest BCUT2D eigenvalue weighted by Gasteiger charge is -2.13. The van der Waals surface area contributed by atoms with Crippen LogP contribution in [0.15, 0.2) is 6.07 Å². The van der Waals surface area contributed by atoms with Gasteiger partial charge < -0.3 is 4.74 Å². The number of ketones is 1. The third-order valence-electron chi connectivity index (χ3n) is 2.27. The Balaban J connectivity index is 3.26. The number of methoxy groups -OCH3 is 1. The Morgan fingerprint density at radius 2 is 2.00 bits per heavy atom. The Kier molecular flexibility index (Phi) is 3.78. The first-order valence-electron chi connectivity index (χ1n) is 4.90. The average Bonchev–Trinajstić information content (AvgIpc) is 2.60. The molecule has 0 aliphatic heterocycles. The lowest BCUT2D eigenvalue weighted by Crippen LogP contribution is -2.29. The molecule has 1 heterocycles. The number of rotatable bonds is 3. The number of ether oxygens (including phenoxy) is 1. The molecule has 0 saturated carbocycles. The van der Waals surface area contributed by atoms with E-state index >= 15 is 0 Å². The number of hydrogen-bond acceptors (Lipinski definition) is 4. The number of carbonyl (C=O) groups is 2. The highest BCUT2D eigenvalue weighted by Crippen LogP contribution is 2.29. The van der Waals surface area contributed by atoms with Gasteiger partial charge in [-0.3, -0.25) is 4.79 Å². The molecule has 0 spiro atoms. The van der Waals surface area contributed by atoms with Crippen molar-refractivity contribution < 1.29 is 27.5 Å². The van der Waals surface area contributed by atoms with E-state index in [4.69, 9.17) is 0 Å². The quantitative estimate of drug-likeness (QED) is 0.613. The van der Waals surface area contributed by atoms with Gasteiger partial charge in [0, 0.05) is 5.69 Å². The van der Waals surface area contributed by atoms with E-state index < -0.39 is 29.7 Å². The van der Waals surface area contributed by atoms with E-state index in [0.717, 1.165) is 24.8 Å². The molecule has 0 aromatic carbocycles. The molecule has 0 saturated heterocycles. The summed E-state index contributed by atoms with van der Waals surface area (Å²) in [5, 5.41) is 3.24. The first-order chi connectivity index (χ1) is 8.18. The Hall–Kier alpha value is -1.86. The number of hydrogen-bond donors (Lipinski definition) is 0. The number of Topliss-reactive ketones (excluding diaryl/α,β-unsaturated/α-hetero) is 1. The number of nitrogens with zero attached hydrogens (tertiary/aromatic N) is 2. The maximum absolute atomic E-state index is 12.5. The molecule has 0 aliphatic carbocycles. The second-order valence-corrected chi connectivity index (χ2v) is 3.65. The lowest BCUT2D eigenvalue weighted by molar-refractivity contribution is -0.150. The van der Waals surface area contributed by atoms with Crippen molar-refractivity contribution in [1.29, 1.82) is 0 Å². The maximum Gasteiger partial charge on any atom is 0.435 e. The van der Waals surface area contributed by atoms with Crippen LogP contribution >= 0.6 is 0 Å². The predicted molar refractivity (Wildman–Crippen MR) is 53.7 cm³/mol. The van der Waals surface area contributed by atoms with Gasteiger partial charge in [0.2, 0.25) is 6.04 Å². The van der Waals surface area contributed by atoms with Gasteiger partial charge in [-0.25, -0.2) is 9.48 Å². The van der Waals surface area contributed by atoms with Crippen molar-refractivity contribution in [1.82, 2.24) is 9.78 Å². The first kappa shape index (κ1) is 14.2. The summed E-state index contributed by atoms with van der Waals surface area (Å²) in [6.07, 6.45) is -4.63. The van der Waals surface area contributed by atoms with Crippen LogP contribution in [0.4, 0.5) is 13.2 Å². The minimum atomic E-state index is -4.63. The van der Waals surface area contributed by atoms with Crippen LogP contribution in [0.5, 0.6) is 0 Å². The van der Waals surface area contributed by atoms with Gasteiger partial charge in [-0.05, 0) is 19.9 Å². The summed E-state index contributed by atoms with van der Waals surface area (Å²) in [5.74, 6) is -1.61. The molecular formula is C10H11F3N2O3. The Labute approximate surface area is 101 Å². The number of carbonyl (C=O) groups excluding carboxylic acids is 2. The highest BCUT2D eigenvalue weighted by atomic mass is 19.4. The minimum absolute atomic E-state index is 0.0490. The number of esters is 1. The maximum atomic E-state index is 12.5. The molecule has 1 unspecified atom stereocenters.